The first kappa shape index (κ1) is 21.3. The standard InChI is InChI=1S/C23H32FN3O3/c1-17-21(25-23(30-17)18-6-7-20(24)22(15-18)28-2)16-27-9-4-3-5-19(27)8-10-26-11-13-29-14-12-26/h6-7,15,19H,3-5,8-14,16H2,1-2H3/t19-/m0/s1. The second-order valence-electron chi connectivity index (χ2n) is 8.23. The van der Waals surface area contributed by atoms with Crippen molar-refractivity contribution in [2.45, 2.75) is 45.2 Å². The van der Waals surface area contributed by atoms with Gasteiger partial charge in [-0.3, -0.25) is 9.80 Å². The van der Waals surface area contributed by atoms with Gasteiger partial charge in [-0.2, -0.15) is 0 Å². The van der Waals surface area contributed by atoms with Gasteiger partial charge < -0.3 is 13.9 Å². The maximum absolute atomic E-state index is 13.7. The van der Waals surface area contributed by atoms with E-state index in [4.69, 9.17) is 18.9 Å². The van der Waals surface area contributed by atoms with E-state index < -0.39 is 0 Å². The summed E-state index contributed by atoms with van der Waals surface area (Å²) in [4.78, 5) is 9.82. The van der Waals surface area contributed by atoms with Gasteiger partial charge in [0.2, 0.25) is 5.89 Å². The molecule has 1 aromatic carbocycles. The molecule has 2 aromatic rings. The molecular formula is C23H32FN3O3. The van der Waals surface area contributed by atoms with Gasteiger partial charge >= 0.3 is 0 Å². The number of ether oxygens (including phenoxy) is 2. The first-order chi connectivity index (χ1) is 14.6. The van der Waals surface area contributed by atoms with Crippen molar-refractivity contribution in [2.24, 2.45) is 0 Å². The van der Waals surface area contributed by atoms with Crippen molar-refractivity contribution in [3.63, 3.8) is 0 Å². The average Bonchev–Trinajstić information content (AvgIpc) is 3.14. The Kier molecular flexibility index (Phi) is 7.02. The zero-order chi connectivity index (χ0) is 20.9. The summed E-state index contributed by atoms with van der Waals surface area (Å²) in [7, 11) is 1.46. The molecule has 2 saturated heterocycles. The molecule has 4 rings (SSSR count). The highest BCUT2D eigenvalue weighted by Gasteiger charge is 2.25. The number of rotatable bonds is 7. The molecule has 0 amide bonds. The normalized spacial score (nSPS) is 21.1. The van der Waals surface area contributed by atoms with Crippen LogP contribution in [-0.4, -0.2) is 67.3 Å². The van der Waals surface area contributed by atoms with Crippen LogP contribution in [-0.2, 0) is 11.3 Å². The smallest absolute Gasteiger partial charge is 0.226 e. The van der Waals surface area contributed by atoms with Gasteiger partial charge in [0.15, 0.2) is 11.6 Å². The number of benzene rings is 1. The number of morpholine rings is 1. The number of methoxy groups -OCH3 is 1. The molecule has 0 bridgehead atoms. The molecule has 2 aliphatic heterocycles. The Balaban J connectivity index is 1.43. The van der Waals surface area contributed by atoms with Crippen LogP contribution < -0.4 is 4.74 Å². The largest absolute Gasteiger partial charge is 0.494 e. The molecule has 2 aliphatic rings. The van der Waals surface area contributed by atoms with Crippen LogP contribution in [0.3, 0.4) is 0 Å². The van der Waals surface area contributed by atoms with Gasteiger partial charge in [-0.05, 0) is 57.5 Å². The first-order valence-electron chi connectivity index (χ1n) is 11.0. The average molecular weight is 418 g/mol. The number of aryl methyl sites for hydroxylation is 1. The number of aromatic nitrogens is 1. The van der Waals surface area contributed by atoms with Crippen molar-refractivity contribution in [3.05, 3.63) is 35.5 Å². The van der Waals surface area contributed by atoms with E-state index >= 15 is 0 Å². The van der Waals surface area contributed by atoms with Crippen LogP contribution in [0.1, 0.15) is 37.1 Å². The maximum atomic E-state index is 13.7. The summed E-state index contributed by atoms with van der Waals surface area (Å²) < 4.78 is 30.2. The van der Waals surface area contributed by atoms with Gasteiger partial charge in [0.1, 0.15) is 5.76 Å². The predicted molar refractivity (Wildman–Crippen MR) is 113 cm³/mol. The quantitative estimate of drug-likeness (QED) is 0.682. The molecule has 3 heterocycles. The van der Waals surface area contributed by atoms with Crippen molar-refractivity contribution in [1.82, 2.24) is 14.8 Å². The third-order valence-corrected chi connectivity index (χ3v) is 6.27. The van der Waals surface area contributed by atoms with Gasteiger partial charge in [-0.1, -0.05) is 6.42 Å². The summed E-state index contributed by atoms with van der Waals surface area (Å²) in [5.74, 6) is 1.15. The van der Waals surface area contributed by atoms with Crippen LogP contribution in [0.2, 0.25) is 0 Å². The van der Waals surface area contributed by atoms with E-state index in [1.54, 1.807) is 12.1 Å². The second kappa shape index (κ2) is 9.90. The lowest BCUT2D eigenvalue weighted by molar-refractivity contribution is 0.0301. The fourth-order valence-electron chi connectivity index (χ4n) is 4.43. The summed E-state index contributed by atoms with van der Waals surface area (Å²) >= 11 is 0. The number of nitrogens with zero attached hydrogens (tertiary/aromatic N) is 3. The van der Waals surface area contributed by atoms with Crippen LogP contribution in [0.5, 0.6) is 5.75 Å². The topological polar surface area (TPSA) is 51.0 Å². The second-order valence-corrected chi connectivity index (χ2v) is 8.23. The van der Waals surface area contributed by atoms with Gasteiger partial charge in [0, 0.05) is 31.2 Å². The Bertz CT molecular complexity index is 835. The highest BCUT2D eigenvalue weighted by Crippen LogP contribution is 2.29. The molecule has 0 radical (unpaired) electrons. The maximum Gasteiger partial charge on any atom is 0.226 e. The van der Waals surface area contributed by atoms with Crippen molar-refractivity contribution in [3.8, 4) is 17.2 Å². The zero-order valence-corrected chi connectivity index (χ0v) is 18.0. The van der Waals surface area contributed by atoms with Crippen LogP contribution >= 0.6 is 0 Å². The Morgan fingerprint density at radius 3 is 2.83 bits per heavy atom. The molecule has 0 unspecified atom stereocenters. The molecule has 0 N–H and O–H groups in total. The molecule has 1 atom stereocenters. The van der Waals surface area contributed by atoms with E-state index in [1.165, 1.54) is 38.9 Å². The molecule has 164 valence electrons. The molecule has 7 heteroatoms. The summed E-state index contributed by atoms with van der Waals surface area (Å²) in [6.45, 7) is 8.76. The van der Waals surface area contributed by atoms with Gasteiger partial charge in [0.25, 0.3) is 0 Å². The van der Waals surface area contributed by atoms with E-state index in [1.807, 2.05) is 6.92 Å². The summed E-state index contributed by atoms with van der Waals surface area (Å²) in [5.41, 5.74) is 1.69. The third kappa shape index (κ3) is 5.02. The minimum Gasteiger partial charge on any atom is -0.494 e. The Labute approximate surface area is 178 Å². The fourth-order valence-corrected chi connectivity index (χ4v) is 4.43. The summed E-state index contributed by atoms with van der Waals surface area (Å²) in [6.07, 6.45) is 4.94. The van der Waals surface area contributed by atoms with Gasteiger partial charge in [-0.25, -0.2) is 9.37 Å². The molecule has 1 aromatic heterocycles. The van der Waals surface area contributed by atoms with Crippen LogP contribution in [0.25, 0.3) is 11.5 Å². The van der Waals surface area contributed by atoms with E-state index in [0.717, 1.165) is 63.0 Å². The Morgan fingerprint density at radius 1 is 1.20 bits per heavy atom. The third-order valence-electron chi connectivity index (χ3n) is 6.27. The summed E-state index contributed by atoms with van der Waals surface area (Å²) in [5, 5.41) is 0. The molecule has 6 nitrogen and oxygen atoms in total. The number of hydrogen-bond donors (Lipinski definition) is 0. The van der Waals surface area contributed by atoms with Gasteiger partial charge in [0.05, 0.1) is 26.0 Å². The van der Waals surface area contributed by atoms with E-state index in [0.29, 0.717) is 11.9 Å². The molecule has 30 heavy (non-hydrogen) atoms. The zero-order valence-electron chi connectivity index (χ0n) is 18.0. The fraction of sp³-hybridized carbons (Fsp3) is 0.609. The van der Waals surface area contributed by atoms with Crippen molar-refractivity contribution in [1.29, 1.82) is 0 Å². The minimum absolute atomic E-state index is 0.198. The number of oxazole rings is 1. The number of piperidine rings is 1. The summed E-state index contributed by atoms with van der Waals surface area (Å²) in [6, 6.07) is 5.28. The van der Waals surface area contributed by atoms with E-state index in [9.17, 15) is 4.39 Å². The lowest BCUT2D eigenvalue weighted by Crippen LogP contribution is -2.43. The molecule has 0 spiro atoms. The predicted octanol–water partition coefficient (Wildman–Crippen LogP) is 3.87. The van der Waals surface area contributed by atoms with Crippen molar-refractivity contribution >= 4 is 0 Å². The monoisotopic (exact) mass is 417 g/mol. The first-order valence-corrected chi connectivity index (χ1v) is 11.0. The number of halogens is 1. The molecular weight excluding hydrogens is 385 g/mol. The lowest BCUT2D eigenvalue weighted by Gasteiger charge is -2.37. The molecule has 0 saturated carbocycles. The van der Waals surface area contributed by atoms with E-state index in [-0.39, 0.29) is 11.6 Å². The SMILES string of the molecule is COc1cc(-c2nc(CN3CCCC[C@H]3CCN3CCOCC3)c(C)o2)ccc1F. The number of likely N-dealkylation sites (tertiary alicyclic amines) is 1. The molecule has 0 aliphatic carbocycles. The number of hydrogen-bond acceptors (Lipinski definition) is 6. The van der Waals surface area contributed by atoms with Crippen LogP contribution in [0.15, 0.2) is 22.6 Å². The highest BCUT2D eigenvalue weighted by molar-refractivity contribution is 5.56. The van der Waals surface area contributed by atoms with Crippen molar-refractivity contribution < 1.29 is 18.3 Å². The highest BCUT2D eigenvalue weighted by atomic mass is 19.1. The van der Waals surface area contributed by atoms with Crippen LogP contribution in [0, 0.1) is 12.7 Å². The lowest BCUT2D eigenvalue weighted by atomic mass is 9.98. The van der Waals surface area contributed by atoms with Gasteiger partial charge in [-0.15, -0.1) is 0 Å². The van der Waals surface area contributed by atoms with Crippen molar-refractivity contribution in [2.75, 3.05) is 46.5 Å². The van der Waals surface area contributed by atoms with Crippen LogP contribution in [0.4, 0.5) is 4.39 Å². The molecule has 2 fully saturated rings. The van der Waals surface area contributed by atoms with E-state index in [2.05, 4.69) is 9.80 Å². The Morgan fingerprint density at radius 2 is 2.03 bits per heavy atom. The minimum atomic E-state index is -0.388. The Hall–Kier alpha value is -1.96.